The van der Waals surface area contributed by atoms with Crippen LogP contribution in [0.2, 0.25) is 0 Å². The number of nitrogens with two attached hydrogens (primary N) is 1. The Balaban J connectivity index is 0.00000137. The molecule has 1 amide bonds. The number of anilines is 2. The number of carbonyl (C=O) groups is 1. The molecule has 13 heteroatoms. The first-order valence-electron chi connectivity index (χ1n) is 10.6. The van der Waals surface area contributed by atoms with Crippen LogP contribution in [0.25, 0.3) is 0 Å². The molecule has 0 unspecified atom stereocenters. The van der Waals surface area contributed by atoms with Crippen LogP contribution in [0.1, 0.15) is 47.4 Å². The molecule has 0 bridgehead atoms. The summed E-state index contributed by atoms with van der Waals surface area (Å²) in [6.07, 6.45) is -7.19. The number of aromatic nitrogens is 1. The first kappa shape index (κ1) is 27.7. The lowest BCUT2D eigenvalue weighted by molar-refractivity contribution is -0.150. The van der Waals surface area contributed by atoms with Gasteiger partial charge in [0.1, 0.15) is 11.4 Å². The van der Waals surface area contributed by atoms with E-state index in [9.17, 15) is 31.1 Å². The molecule has 7 nitrogen and oxygen atoms in total. The van der Waals surface area contributed by atoms with Crippen LogP contribution in [0.3, 0.4) is 0 Å². The highest BCUT2D eigenvalue weighted by Crippen LogP contribution is 2.35. The van der Waals surface area contributed by atoms with Gasteiger partial charge in [0.05, 0.1) is 6.34 Å². The molecular weight excluding hydrogens is 478 g/mol. The maximum absolute atomic E-state index is 13.0. The van der Waals surface area contributed by atoms with Crippen molar-refractivity contribution in [2.24, 2.45) is 5.73 Å². The lowest BCUT2D eigenvalue weighted by Crippen LogP contribution is -2.40. The van der Waals surface area contributed by atoms with E-state index in [-0.39, 0.29) is 23.7 Å². The van der Waals surface area contributed by atoms with Crippen molar-refractivity contribution in [2.45, 2.75) is 50.1 Å². The molecule has 0 saturated heterocycles. The van der Waals surface area contributed by atoms with Crippen LogP contribution in [0.5, 0.6) is 0 Å². The largest absolute Gasteiger partial charge is 0.433 e. The summed E-state index contributed by atoms with van der Waals surface area (Å²) in [5.74, 6) is -0.233. The molecule has 0 radical (unpaired) electrons. The number of amides is 1. The zero-order valence-corrected chi connectivity index (χ0v) is 18.7. The number of hydrogen-bond acceptors (Lipinski definition) is 5. The summed E-state index contributed by atoms with van der Waals surface area (Å²) in [5.41, 5.74) is 2.28. The second-order valence-electron chi connectivity index (χ2n) is 7.78. The lowest BCUT2D eigenvalue weighted by atomic mass is 9.90. The van der Waals surface area contributed by atoms with Crippen molar-refractivity contribution in [2.75, 3.05) is 17.7 Å². The number of benzene rings is 1. The molecule has 35 heavy (non-hydrogen) atoms. The number of rotatable bonds is 5. The van der Waals surface area contributed by atoms with E-state index >= 15 is 0 Å². The molecule has 1 aromatic carbocycles. The molecule has 1 aliphatic rings. The Morgan fingerprint density at radius 1 is 0.943 bits per heavy atom. The van der Waals surface area contributed by atoms with Crippen LogP contribution in [0, 0.1) is 5.41 Å². The molecule has 2 aromatic rings. The Morgan fingerprint density at radius 3 is 1.83 bits per heavy atom. The molecule has 3 rings (SSSR count). The molecule has 0 spiro atoms. The normalized spacial score (nSPS) is 18.0. The van der Waals surface area contributed by atoms with Gasteiger partial charge in [0.25, 0.3) is 5.91 Å². The van der Waals surface area contributed by atoms with E-state index < -0.39 is 23.7 Å². The topological polar surface area (TPSA) is 116 Å². The fourth-order valence-electron chi connectivity index (χ4n) is 3.58. The second-order valence-corrected chi connectivity index (χ2v) is 7.78. The van der Waals surface area contributed by atoms with E-state index in [1.807, 2.05) is 0 Å². The summed E-state index contributed by atoms with van der Waals surface area (Å²) < 4.78 is 77.8. The van der Waals surface area contributed by atoms with Gasteiger partial charge >= 0.3 is 12.4 Å². The Hall–Kier alpha value is -3.51. The first-order chi connectivity index (χ1) is 16.4. The molecule has 1 aliphatic carbocycles. The summed E-state index contributed by atoms with van der Waals surface area (Å²) in [7, 11) is 1.77. The van der Waals surface area contributed by atoms with Crippen molar-refractivity contribution < 1.29 is 31.1 Å². The third kappa shape index (κ3) is 8.34. The Bertz CT molecular complexity index is 953. The van der Waals surface area contributed by atoms with E-state index in [1.165, 1.54) is 0 Å². The van der Waals surface area contributed by atoms with Crippen molar-refractivity contribution in [3.63, 3.8) is 0 Å². The standard InChI is InChI=1S/C21H22F6N4O.CH4N2/c1-28-13-4-2-12(3-5-13)19(32)30-15-8-6-14(7-9-15)29-16-10-17(20(22,23)24)31-18(11-16)21(25,26)27;2-1-3/h2-5,10-11,14-15,28H,6-9H2,1H3,(H,29,31)(H,30,32);1H,(H3,2,3). The summed E-state index contributed by atoms with van der Waals surface area (Å²) in [6, 6.07) is 7.64. The quantitative estimate of drug-likeness (QED) is 0.227. The molecule has 1 saturated carbocycles. The zero-order valence-electron chi connectivity index (χ0n) is 18.7. The molecule has 0 aliphatic heterocycles. The third-order valence-electron chi connectivity index (χ3n) is 5.28. The van der Waals surface area contributed by atoms with Gasteiger partial charge in [0.15, 0.2) is 0 Å². The van der Waals surface area contributed by atoms with Gasteiger partial charge in [-0.1, -0.05) is 0 Å². The molecule has 1 aromatic heterocycles. The van der Waals surface area contributed by atoms with Gasteiger partial charge in [0.2, 0.25) is 0 Å². The number of pyridine rings is 1. The van der Waals surface area contributed by atoms with Crippen LogP contribution in [0.15, 0.2) is 36.4 Å². The maximum atomic E-state index is 13.0. The Kier molecular flexibility index (Phi) is 9.32. The molecule has 1 heterocycles. The molecule has 1 fully saturated rings. The van der Waals surface area contributed by atoms with Crippen molar-refractivity contribution >= 4 is 23.6 Å². The number of nitrogens with zero attached hydrogens (tertiary/aromatic N) is 1. The minimum atomic E-state index is -5.00. The van der Waals surface area contributed by atoms with Crippen LogP contribution in [0.4, 0.5) is 37.7 Å². The summed E-state index contributed by atoms with van der Waals surface area (Å²) in [4.78, 5) is 15.1. The van der Waals surface area contributed by atoms with Crippen LogP contribution < -0.4 is 21.7 Å². The van der Waals surface area contributed by atoms with Crippen LogP contribution in [-0.2, 0) is 12.4 Å². The van der Waals surface area contributed by atoms with Crippen molar-refractivity contribution in [3.8, 4) is 0 Å². The number of halogens is 6. The molecule has 6 N–H and O–H groups in total. The van der Waals surface area contributed by atoms with Gasteiger partial charge < -0.3 is 21.7 Å². The molecule has 192 valence electrons. The van der Waals surface area contributed by atoms with E-state index in [4.69, 9.17) is 5.41 Å². The number of nitrogens with one attached hydrogen (secondary N) is 4. The highest BCUT2D eigenvalue weighted by molar-refractivity contribution is 5.94. The van der Waals surface area contributed by atoms with Gasteiger partial charge in [-0.25, -0.2) is 4.98 Å². The highest BCUT2D eigenvalue weighted by atomic mass is 19.4. The minimum absolute atomic E-state index is 0.126. The number of carbonyl (C=O) groups excluding carboxylic acids is 1. The number of hydrogen-bond donors (Lipinski definition) is 5. The monoisotopic (exact) mass is 504 g/mol. The predicted molar refractivity (Wildman–Crippen MR) is 120 cm³/mol. The maximum Gasteiger partial charge on any atom is 0.433 e. The van der Waals surface area contributed by atoms with Gasteiger partial charge in [0, 0.05) is 36.1 Å². The fourth-order valence-corrected chi connectivity index (χ4v) is 3.58. The van der Waals surface area contributed by atoms with Gasteiger partial charge in [-0.3, -0.25) is 10.2 Å². The SMILES string of the molecule is CNc1ccc(C(=O)NC2CCC(Nc3cc(C(F)(F)F)nc(C(F)(F)F)c3)CC2)cc1.N=CN. The fraction of sp³-hybridized carbons (Fsp3) is 0.409. The third-order valence-corrected chi connectivity index (χ3v) is 5.28. The van der Waals surface area contributed by atoms with Crippen molar-refractivity contribution in [3.05, 3.63) is 53.3 Å². The van der Waals surface area contributed by atoms with Crippen molar-refractivity contribution in [1.82, 2.24) is 10.3 Å². The van der Waals surface area contributed by atoms with E-state index in [0.717, 1.165) is 12.0 Å². The molecular formula is C22H26F6N6O. The average molecular weight is 504 g/mol. The molecule has 0 atom stereocenters. The van der Waals surface area contributed by atoms with Gasteiger partial charge in [-0.2, -0.15) is 26.3 Å². The van der Waals surface area contributed by atoms with E-state index in [0.29, 0.717) is 43.4 Å². The minimum Gasteiger partial charge on any atom is -0.390 e. The van der Waals surface area contributed by atoms with E-state index in [2.05, 4.69) is 26.7 Å². The lowest BCUT2D eigenvalue weighted by Gasteiger charge is -2.30. The summed E-state index contributed by atoms with van der Waals surface area (Å²) in [5, 5.41) is 14.5. The zero-order chi connectivity index (χ0) is 26.2. The average Bonchev–Trinajstić information content (AvgIpc) is 2.79. The Labute approximate surface area is 198 Å². The number of alkyl halides is 6. The van der Waals surface area contributed by atoms with Crippen molar-refractivity contribution in [1.29, 1.82) is 5.41 Å². The highest BCUT2D eigenvalue weighted by Gasteiger charge is 2.39. The summed E-state index contributed by atoms with van der Waals surface area (Å²) in [6.45, 7) is 0. The van der Waals surface area contributed by atoms with E-state index in [1.54, 1.807) is 31.3 Å². The smallest absolute Gasteiger partial charge is 0.390 e. The Morgan fingerprint density at radius 2 is 1.40 bits per heavy atom. The second kappa shape index (κ2) is 11.8. The van der Waals surface area contributed by atoms with Gasteiger partial charge in [-0.15, -0.1) is 0 Å². The first-order valence-corrected chi connectivity index (χ1v) is 10.6. The van der Waals surface area contributed by atoms with Crippen LogP contribution >= 0.6 is 0 Å². The van der Waals surface area contributed by atoms with Gasteiger partial charge in [-0.05, 0) is 62.1 Å². The summed E-state index contributed by atoms with van der Waals surface area (Å²) >= 11 is 0. The predicted octanol–water partition coefficient (Wildman–Crippen LogP) is 4.87. The van der Waals surface area contributed by atoms with Crippen LogP contribution in [-0.4, -0.2) is 36.4 Å².